The fourth-order valence-corrected chi connectivity index (χ4v) is 6.72. The molecule has 0 aromatic heterocycles. The molecular weight excluding hydrogens is 552 g/mol. The van der Waals surface area contributed by atoms with Crippen LogP contribution in [0.3, 0.4) is 0 Å². The fourth-order valence-electron chi connectivity index (χ4n) is 5.17. The van der Waals surface area contributed by atoms with Gasteiger partial charge in [0.05, 0.1) is 29.6 Å². The monoisotopic (exact) mass is 590 g/mol. The molecule has 1 aliphatic carbocycles. The van der Waals surface area contributed by atoms with Crippen molar-refractivity contribution in [1.29, 1.82) is 0 Å². The third-order valence-corrected chi connectivity index (χ3v) is 9.62. The van der Waals surface area contributed by atoms with Crippen molar-refractivity contribution in [2.45, 2.75) is 56.8 Å². The summed E-state index contributed by atoms with van der Waals surface area (Å²) in [5.41, 5.74) is 2.47. The fraction of sp³-hybridized carbons (Fsp3) is 0.375. The molecule has 3 aromatic carbocycles. The normalized spacial score (nSPS) is 18.2. The lowest BCUT2D eigenvalue weighted by molar-refractivity contribution is 0.0830. The van der Waals surface area contributed by atoms with Gasteiger partial charge in [0.2, 0.25) is 10.0 Å². The number of anilines is 1. The quantitative estimate of drug-likeness (QED) is 0.257. The highest BCUT2D eigenvalue weighted by Crippen LogP contribution is 2.27. The molecular formula is C32H38N4O5S. The predicted molar refractivity (Wildman–Crippen MR) is 163 cm³/mol. The number of hydrogen-bond acceptors (Lipinski definition) is 6. The first-order valence-corrected chi connectivity index (χ1v) is 16.1. The topological polar surface area (TPSA) is 128 Å². The van der Waals surface area contributed by atoms with E-state index in [0.29, 0.717) is 25.4 Å². The Balaban J connectivity index is 1.42. The van der Waals surface area contributed by atoms with E-state index in [1.54, 1.807) is 0 Å². The van der Waals surface area contributed by atoms with Gasteiger partial charge in [-0.15, -0.1) is 0 Å². The molecule has 0 spiro atoms. The molecule has 222 valence electrons. The number of carbonyl (C=O) groups excluding carboxylic acids is 2. The Hall–Kier alpha value is -3.73. The molecule has 2 fully saturated rings. The van der Waals surface area contributed by atoms with Crippen LogP contribution in [0.2, 0.25) is 0 Å². The van der Waals surface area contributed by atoms with E-state index in [9.17, 15) is 23.1 Å². The molecule has 0 unspecified atom stereocenters. The molecule has 2 amide bonds. The molecule has 5 rings (SSSR count). The summed E-state index contributed by atoms with van der Waals surface area (Å²) in [6.07, 6.45) is 2.16. The van der Waals surface area contributed by atoms with Crippen LogP contribution in [0.1, 0.15) is 64.1 Å². The number of aliphatic hydroxyl groups excluding tert-OH is 1. The molecule has 2 aliphatic rings. The maximum absolute atomic E-state index is 13.7. The number of rotatable bonds is 12. The average molecular weight is 591 g/mol. The van der Waals surface area contributed by atoms with Gasteiger partial charge in [-0.05, 0) is 61.9 Å². The van der Waals surface area contributed by atoms with Crippen LogP contribution in [0.15, 0.2) is 78.9 Å². The lowest BCUT2D eigenvalue weighted by Gasteiger charge is -2.25. The van der Waals surface area contributed by atoms with Gasteiger partial charge in [-0.1, -0.05) is 60.7 Å². The van der Waals surface area contributed by atoms with E-state index in [1.165, 1.54) is 22.5 Å². The van der Waals surface area contributed by atoms with E-state index in [4.69, 9.17) is 0 Å². The summed E-state index contributed by atoms with van der Waals surface area (Å²) in [5.74, 6) is -0.909. The van der Waals surface area contributed by atoms with Crippen molar-refractivity contribution in [3.05, 3.63) is 101 Å². The van der Waals surface area contributed by atoms with Crippen molar-refractivity contribution in [1.82, 2.24) is 16.0 Å². The number of amides is 2. The van der Waals surface area contributed by atoms with E-state index in [0.717, 1.165) is 24.0 Å². The van der Waals surface area contributed by atoms with E-state index in [2.05, 4.69) is 16.0 Å². The molecule has 1 aliphatic heterocycles. The summed E-state index contributed by atoms with van der Waals surface area (Å²) in [7, 11) is -3.56. The van der Waals surface area contributed by atoms with Gasteiger partial charge in [-0.25, -0.2) is 8.42 Å². The first-order chi connectivity index (χ1) is 20.2. The second kappa shape index (κ2) is 13.1. The number of nitrogens with zero attached hydrogens (tertiary/aromatic N) is 1. The van der Waals surface area contributed by atoms with Crippen molar-refractivity contribution >= 4 is 27.5 Å². The molecule has 3 aromatic rings. The molecule has 1 heterocycles. The van der Waals surface area contributed by atoms with Crippen LogP contribution in [-0.2, 0) is 16.4 Å². The molecule has 4 N–H and O–H groups in total. The summed E-state index contributed by atoms with van der Waals surface area (Å²) in [6.45, 7) is 2.47. The molecule has 9 nitrogen and oxygen atoms in total. The SMILES string of the molecule is C[C@@H](NC(=O)c1cc(C(=O)N[C@@H](Cc2ccccc2)[C@H](O)CNC2CC2)cc(N2CCCS2(=O)=O)c1)c1ccccc1. The zero-order valence-electron chi connectivity index (χ0n) is 23.7. The second-order valence-electron chi connectivity index (χ2n) is 11.1. The van der Waals surface area contributed by atoms with Gasteiger partial charge in [0.25, 0.3) is 11.8 Å². The van der Waals surface area contributed by atoms with Gasteiger partial charge >= 0.3 is 0 Å². The van der Waals surface area contributed by atoms with Crippen LogP contribution in [0, 0.1) is 0 Å². The van der Waals surface area contributed by atoms with E-state index >= 15 is 0 Å². The number of sulfonamides is 1. The third kappa shape index (κ3) is 7.56. The van der Waals surface area contributed by atoms with Crippen LogP contribution >= 0.6 is 0 Å². The van der Waals surface area contributed by atoms with Crippen LogP contribution in [-0.4, -0.2) is 62.4 Å². The second-order valence-corrected chi connectivity index (χ2v) is 13.1. The third-order valence-electron chi connectivity index (χ3n) is 7.75. The maximum Gasteiger partial charge on any atom is 0.251 e. The van der Waals surface area contributed by atoms with Crippen molar-refractivity contribution in [2.75, 3.05) is 23.1 Å². The maximum atomic E-state index is 13.7. The van der Waals surface area contributed by atoms with Crippen LogP contribution < -0.4 is 20.3 Å². The Morgan fingerprint density at radius 2 is 1.55 bits per heavy atom. The molecule has 0 bridgehead atoms. The van der Waals surface area contributed by atoms with Crippen molar-refractivity contribution in [3.8, 4) is 0 Å². The molecule has 10 heteroatoms. The lowest BCUT2D eigenvalue weighted by Crippen LogP contribution is -2.49. The van der Waals surface area contributed by atoms with E-state index in [-0.39, 0.29) is 35.2 Å². The van der Waals surface area contributed by atoms with Crippen molar-refractivity contribution in [2.24, 2.45) is 0 Å². The zero-order valence-corrected chi connectivity index (χ0v) is 24.5. The van der Waals surface area contributed by atoms with Gasteiger partial charge in [0.15, 0.2) is 0 Å². The number of nitrogens with one attached hydrogen (secondary N) is 3. The van der Waals surface area contributed by atoms with Crippen LogP contribution in [0.5, 0.6) is 0 Å². The summed E-state index contributed by atoms with van der Waals surface area (Å²) in [4.78, 5) is 27.1. The minimum Gasteiger partial charge on any atom is -0.390 e. The van der Waals surface area contributed by atoms with Crippen LogP contribution in [0.25, 0.3) is 0 Å². The Morgan fingerprint density at radius 1 is 0.929 bits per heavy atom. The molecule has 42 heavy (non-hydrogen) atoms. The van der Waals surface area contributed by atoms with Gasteiger partial charge in [-0.3, -0.25) is 13.9 Å². The van der Waals surface area contributed by atoms with Gasteiger partial charge < -0.3 is 21.1 Å². The van der Waals surface area contributed by atoms with E-state index < -0.39 is 34.0 Å². The minimum atomic E-state index is -3.56. The van der Waals surface area contributed by atoms with Gasteiger partial charge in [-0.2, -0.15) is 0 Å². The van der Waals surface area contributed by atoms with Crippen LogP contribution in [0.4, 0.5) is 5.69 Å². The number of carbonyl (C=O) groups is 2. The van der Waals surface area contributed by atoms with E-state index in [1.807, 2.05) is 67.6 Å². The summed E-state index contributed by atoms with van der Waals surface area (Å²) >= 11 is 0. The minimum absolute atomic E-state index is 0.00926. The van der Waals surface area contributed by atoms with Gasteiger partial charge in [0, 0.05) is 30.3 Å². The van der Waals surface area contributed by atoms with Gasteiger partial charge in [0.1, 0.15) is 0 Å². The largest absolute Gasteiger partial charge is 0.390 e. The highest BCUT2D eigenvalue weighted by Gasteiger charge is 2.31. The highest BCUT2D eigenvalue weighted by atomic mass is 32.2. The number of benzene rings is 3. The predicted octanol–water partition coefficient (Wildman–Crippen LogP) is 3.17. The van der Waals surface area contributed by atoms with Crippen molar-refractivity contribution < 1.29 is 23.1 Å². The molecule has 3 atom stereocenters. The summed E-state index contributed by atoms with van der Waals surface area (Å²) < 4.78 is 26.8. The Morgan fingerprint density at radius 3 is 2.14 bits per heavy atom. The Bertz CT molecular complexity index is 1500. The summed E-state index contributed by atoms with van der Waals surface area (Å²) in [6, 6.07) is 23.1. The lowest BCUT2D eigenvalue weighted by atomic mass is 10.00. The molecule has 1 saturated heterocycles. The molecule has 1 saturated carbocycles. The summed E-state index contributed by atoms with van der Waals surface area (Å²) in [5, 5.41) is 20.3. The number of hydrogen-bond donors (Lipinski definition) is 4. The standard InChI is InChI=1S/C32H38N4O5S/c1-22(24-11-6-3-7-12-24)34-31(38)25-18-26(20-28(19-25)36-15-8-16-42(36,40)41)32(39)35-29(17-23-9-4-2-5-10-23)30(37)21-33-27-13-14-27/h2-7,9-12,18-20,22,27,29-30,33,37H,8,13-17,21H2,1H3,(H,34,38)(H,35,39)/t22-,29+,30-/m1/s1. The Kier molecular flexibility index (Phi) is 9.25. The van der Waals surface area contributed by atoms with Crippen molar-refractivity contribution in [3.63, 3.8) is 0 Å². The average Bonchev–Trinajstić information content (AvgIpc) is 3.76. The number of aliphatic hydroxyl groups is 1. The zero-order chi connectivity index (χ0) is 29.7. The first-order valence-electron chi connectivity index (χ1n) is 14.5. The molecule has 0 radical (unpaired) electrons. The smallest absolute Gasteiger partial charge is 0.251 e. The highest BCUT2D eigenvalue weighted by molar-refractivity contribution is 7.93. The Labute approximate surface area is 247 Å². The first kappa shape index (κ1) is 29.8.